The number of ketones is 1. The molecular formula is C14H20O3. The van der Waals surface area contributed by atoms with E-state index < -0.39 is 6.10 Å². The Morgan fingerprint density at radius 1 is 1.35 bits per heavy atom. The van der Waals surface area contributed by atoms with Crippen LogP contribution in [0.5, 0.6) is 5.75 Å². The Bertz CT molecular complexity index is 410. The molecule has 17 heavy (non-hydrogen) atoms. The van der Waals surface area contributed by atoms with Crippen molar-refractivity contribution in [3.05, 3.63) is 28.8 Å². The van der Waals surface area contributed by atoms with Gasteiger partial charge in [0.25, 0.3) is 0 Å². The van der Waals surface area contributed by atoms with Crippen molar-refractivity contribution >= 4 is 5.78 Å². The maximum atomic E-state index is 12.0. The number of ether oxygens (including phenoxy) is 1. The van der Waals surface area contributed by atoms with Crippen LogP contribution in [-0.4, -0.2) is 24.1 Å². The van der Waals surface area contributed by atoms with Crippen molar-refractivity contribution in [1.82, 2.24) is 0 Å². The molecule has 0 saturated heterocycles. The number of Topliss-reactive ketones (excluding diaryl/α,β-unsaturated/α-hetero) is 1. The van der Waals surface area contributed by atoms with Crippen molar-refractivity contribution in [2.24, 2.45) is 0 Å². The maximum absolute atomic E-state index is 12.0. The number of aliphatic hydroxyl groups is 1. The minimum absolute atomic E-state index is 0.199. The quantitative estimate of drug-likeness (QED) is 0.799. The highest BCUT2D eigenvalue weighted by Crippen LogP contribution is 2.23. The van der Waals surface area contributed by atoms with Gasteiger partial charge in [-0.05, 0) is 43.5 Å². The number of methoxy groups -OCH3 is 1. The molecule has 0 radical (unpaired) electrons. The fourth-order valence-electron chi connectivity index (χ4n) is 1.86. The van der Waals surface area contributed by atoms with Crippen LogP contribution in [0.2, 0.25) is 0 Å². The van der Waals surface area contributed by atoms with E-state index in [2.05, 4.69) is 0 Å². The number of hydrogen-bond donors (Lipinski definition) is 1. The minimum atomic E-state index is -0.897. The summed E-state index contributed by atoms with van der Waals surface area (Å²) in [4.78, 5) is 12.0. The van der Waals surface area contributed by atoms with Crippen molar-refractivity contribution in [3.8, 4) is 5.75 Å². The number of carbonyl (C=O) groups excluding carboxylic acids is 1. The molecule has 1 aromatic rings. The number of aliphatic hydroxyl groups excluding tert-OH is 1. The van der Waals surface area contributed by atoms with Gasteiger partial charge in [-0.1, -0.05) is 13.3 Å². The topological polar surface area (TPSA) is 46.5 Å². The van der Waals surface area contributed by atoms with E-state index >= 15 is 0 Å². The van der Waals surface area contributed by atoms with E-state index in [1.54, 1.807) is 13.2 Å². The summed E-state index contributed by atoms with van der Waals surface area (Å²) in [5, 5.41) is 9.73. The zero-order valence-corrected chi connectivity index (χ0v) is 10.9. The predicted molar refractivity (Wildman–Crippen MR) is 67.7 cm³/mol. The van der Waals surface area contributed by atoms with Crippen LogP contribution in [0.3, 0.4) is 0 Å². The number of benzene rings is 1. The minimum Gasteiger partial charge on any atom is -0.496 e. The molecule has 1 atom stereocenters. The second-order valence-electron chi connectivity index (χ2n) is 4.31. The third-order valence-corrected chi connectivity index (χ3v) is 2.87. The van der Waals surface area contributed by atoms with Gasteiger partial charge >= 0.3 is 0 Å². The van der Waals surface area contributed by atoms with Gasteiger partial charge in [0.1, 0.15) is 11.9 Å². The molecule has 0 aliphatic rings. The van der Waals surface area contributed by atoms with Gasteiger partial charge in [-0.25, -0.2) is 0 Å². The number of aryl methyl sites for hydroxylation is 2. The second kappa shape index (κ2) is 5.82. The standard InChI is InChI=1S/C14H20O3/c1-5-6-12(15)14(16)11-7-10(3)13(17-4)8-9(11)2/h7-8,12,15H,5-6H2,1-4H3. The Balaban J connectivity index is 3.06. The van der Waals surface area contributed by atoms with E-state index in [1.165, 1.54) is 0 Å². The maximum Gasteiger partial charge on any atom is 0.191 e. The Hall–Kier alpha value is -1.35. The van der Waals surface area contributed by atoms with Gasteiger partial charge in [0, 0.05) is 5.56 Å². The fourth-order valence-corrected chi connectivity index (χ4v) is 1.86. The third kappa shape index (κ3) is 3.07. The zero-order valence-electron chi connectivity index (χ0n) is 10.9. The van der Waals surface area contributed by atoms with Gasteiger partial charge in [0.15, 0.2) is 5.78 Å². The van der Waals surface area contributed by atoms with Crippen LogP contribution in [0.25, 0.3) is 0 Å². The molecule has 0 aliphatic carbocycles. The predicted octanol–water partition coefficient (Wildman–Crippen LogP) is 2.66. The largest absolute Gasteiger partial charge is 0.496 e. The molecule has 3 heteroatoms. The van der Waals surface area contributed by atoms with E-state index in [0.29, 0.717) is 12.0 Å². The van der Waals surface area contributed by atoms with Gasteiger partial charge < -0.3 is 9.84 Å². The van der Waals surface area contributed by atoms with Crippen molar-refractivity contribution < 1.29 is 14.6 Å². The highest BCUT2D eigenvalue weighted by Gasteiger charge is 2.19. The first kappa shape index (κ1) is 13.7. The molecule has 0 fully saturated rings. The number of rotatable bonds is 5. The van der Waals surface area contributed by atoms with Crippen molar-refractivity contribution in [2.45, 2.75) is 39.7 Å². The lowest BCUT2D eigenvalue weighted by molar-refractivity contribution is 0.0728. The van der Waals surface area contributed by atoms with Gasteiger partial charge in [-0.2, -0.15) is 0 Å². The normalized spacial score (nSPS) is 12.3. The lowest BCUT2D eigenvalue weighted by Crippen LogP contribution is -2.21. The molecule has 0 heterocycles. The lowest BCUT2D eigenvalue weighted by Gasteiger charge is -2.13. The molecule has 0 amide bonds. The van der Waals surface area contributed by atoms with Crippen LogP contribution < -0.4 is 4.74 Å². The molecule has 0 aliphatic heterocycles. The van der Waals surface area contributed by atoms with Crippen molar-refractivity contribution in [1.29, 1.82) is 0 Å². The smallest absolute Gasteiger partial charge is 0.191 e. The van der Waals surface area contributed by atoms with E-state index in [1.807, 2.05) is 26.8 Å². The number of hydrogen-bond acceptors (Lipinski definition) is 3. The second-order valence-corrected chi connectivity index (χ2v) is 4.31. The average Bonchev–Trinajstić information content (AvgIpc) is 2.31. The summed E-state index contributed by atoms with van der Waals surface area (Å²) in [7, 11) is 1.61. The van der Waals surface area contributed by atoms with Gasteiger partial charge in [-0.3, -0.25) is 4.79 Å². The van der Waals surface area contributed by atoms with Crippen molar-refractivity contribution in [2.75, 3.05) is 7.11 Å². The van der Waals surface area contributed by atoms with Crippen LogP contribution in [0.15, 0.2) is 12.1 Å². The van der Waals surface area contributed by atoms with Crippen LogP contribution in [0, 0.1) is 13.8 Å². The monoisotopic (exact) mass is 236 g/mol. The van der Waals surface area contributed by atoms with Gasteiger partial charge in [0.05, 0.1) is 7.11 Å². The Labute approximate surface area is 102 Å². The first-order valence-corrected chi connectivity index (χ1v) is 5.88. The average molecular weight is 236 g/mol. The molecular weight excluding hydrogens is 216 g/mol. The summed E-state index contributed by atoms with van der Waals surface area (Å²) in [5.41, 5.74) is 2.34. The summed E-state index contributed by atoms with van der Waals surface area (Å²) in [6.07, 6.45) is 0.399. The molecule has 0 spiro atoms. The zero-order chi connectivity index (χ0) is 13.0. The summed E-state index contributed by atoms with van der Waals surface area (Å²) < 4.78 is 5.19. The molecule has 1 N–H and O–H groups in total. The fraction of sp³-hybridized carbons (Fsp3) is 0.500. The first-order valence-electron chi connectivity index (χ1n) is 5.88. The summed E-state index contributed by atoms with van der Waals surface area (Å²) in [5.74, 6) is 0.569. The summed E-state index contributed by atoms with van der Waals surface area (Å²) in [6.45, 7) is 5.69. The summed E-state index contributed by atoms with van der Waals surface area (Å²) in [6, 6.07) is 3.62. The van der Waals surface area contributed by atoms with Crippen LogP contribution in [-0.2, 0) is 0 Å². The molecule has 1 rings (SSSR count). The summed E-state index contributed by atoms with van der Waals surface area (Å²) >= 11 is 0. The van der Waals surface area contributed by atoms with Crippen LogP contribution in [0.1, 0.15) is 41.3 Å². The third-order valence-electron chi connectivity index (χ3n) is 2.87. The highest BCUT2D eigenvalue weighted by atomic mass is 16.5. The Morgan fingerprint density at radius 3 is 2.53 bits per heavy atom. The van der Waals surface area contributed by atoms with Crippen LogP contribution >= 0.6 is 0 Å². The Kier molecular flexibility index (Phi) is 4.70. The molecule has 94 valence electrons. The number of carbonyl (C=O) groups is 1. The molecule has 0 bridgehead atoms. The molecule has 3 nitrogen and oxygen atoms in total. The van der Waals surface area contributed by atoms with Gasteiger partial charge in [-0.15, -0.1) is 0 Å². The van der Waals surface area contributed by atoms with E-state index in [4.69, 9.17) is 4.74 Å². The van der Waals surface area contributed by atoms with E-state index in [0.717, 1.165) is 23.3 Å². The van der Waals surface area contributed by atoms with E-state index in [9.17, 15) is 9.90 Å². The lowest BCUT2D eigenvalue weighted by atomic mass is 9.96. The first-order chi connectivity index (χ1) is 8.01. The Morgan fingerprint density at radius 2 is 2.00 bits per heavy atom. The van der Waals surface area contributed by atoms with Crippen molar-refractivity contribution in [3.63, 3.8) is 0 Å². The molecule has 0 saturated carbocycles. The molecule has 1 aromatic carbocycles. The van der Waals surface area contributed by atoms with E-state index in [-0.39, 0.29) is 5.78 Å². The SMILES string of the molecule is CCCC(O)C(=O)c1cc(C)c(OC)cc1C. The van der Waals surface area contributed by atoms with Crippen LogP contribution in [0.4, 0.5) is 0 Å². The molecule has 1 unspecified atom stereocenters. The highest BCUT2D eigenvalue weighted by molar-refractivity contribution is 6.00. The van der Waals surface area contributed by atoms with Gasteiger partial charge in [0.2, 0.25) is 0 Å². The molecule has 0 aromatic heterocycles.